The van der Waals surface area contributed by atoms with Crippen molar-refractivity contribution in [2.75, 3.05) is 34.2 Å². The molecule has 0 aliphatic carbocycles. The summed E-state index contributed by atoms with van der Waals surface area (Å²) in [7, 11) is 2.46. The molecule has 0 aromatic carbocycles. The van der Waals surface area contributed by atoms with Crippen molar-refractivity contribution in [3.63, 3.8) is 0 Å². The highest BCUT2D eigenvalue weighted by Crippen LogP contribution is 2.21. The van der Waals surface area contributed by atoms with Gasteiger partial charge in [0.25, 0.3) is 10.0 Å². The van der Waals surface area contributed by atoms with E-state index in [2.05, 4.69) is 15.2 Å². The van der Waals surface area contributed by atoms with E-state index in [0.29, 0.717) is 25.7 Å². The van der Waals surface area contributed by atoms with E-state index < -0.39 is 10.0 Å². The molecule has 0 atom stereocenters. The largest absolute Gasteiger partial charge is 0.316 e. The van der Waals surface area contributed by atoms with E-state index in [1.165, 1.54) is 0 Å². The molecule has 1 saturated heterocycles. The first kappa shape index (κ1) is 16.4. The topological polar surface area (TPSA) is 65.5 Å². The van der Waals surface area contributed by atoms with E-state index in [0.717, 1.165) is 18.4 Å². The monoisotopic (exact) mass is 312 g/mol. The second-order valence-electron chi connectivity index (χ2n) is 5.63. The van der Waals surface area contributed by atoms with Crippen LogP contribution in [0.3, 0.4) is 0 Å². The molecule has 7 heteroatoms. The minimum Gasteiger partial charge on any atom is -0.316 e. The van der Waals surface area contributed by atoms with Gasteiger partial charge in [-0.3, -0.25) is 0 Å². The van der Waals surface area contributed by atoms with Crippen LogP contribution in [-0.4, -0.2) is 62.9 Å². The third-order valence-corrected chi connectivity index (χ3v) is 5.75. The molecule has 6 nitrogen and oxygen atoms in total. The van der Waals surface area contributed by atoms with Gasteiger partial charge in [-0.2, -0.15) is 4.31 Å². The summed E-state index contributed by atoms with van der Waals surface area (Å²) >= 11 is 0. The standard InChI is InChI=1S/C14H24N4O2S/c1-15-10-12-4-5-14(16-11-12)21(19,20)18-8-6-13(7-9-18)17(2)3/h4-5,11,13,15H,6-10H2,1-3H3. The van der Waals surface area contributed by atoms with Gasteiger partial charge in [0.05, 0.1) is 0 Å². The van der Waals surface area contributed by atoms with Crippen LogP contribution in [0, 0.1) is 0 Å². The van der Waals surface area contributed by atoms with Crippen LogP contribution in [0.5, 0.6) is 0 Å². The van der Waals surface area contributed by atoms with Crippen molar-refractivity contribution in [3.8, 4) is 0 Å². The fraction of sp³-hybridized carbons (Fsp3) is 0.643. The van der Waals surface area contributed by atoms with E-state index in [1.807, 2.05) is 27.2 Å². The molecule has 118 valence electrons. The molecule has 0 radical (unpaired) electrons. The Morgan fingerprint density at radius 1 is 1.33 bits per heavy atom. The first-order valence-electron chi connectivity index (χ1n) is 7.21. The Kier molecular flexibility index (Phi) is 5.32. The highest BCUT2D eigenvalue weighted by molar-refractivity contribution is 7.89. The lowest BCUT2D eigenvalue weighted by Gasteiger charge is -2.34. The van der Waals surface area contributed by atoms with E-state index >= 15 is 0 Å². The average Bonchev–Trinajstić information content (AvgIpc) is 2.48. The van der Waals surface area contributed by atoms with Gasteiger partial charge in [0.2, 0.25) is 0 Å². The molecule has 1 N–H and O–H groups in total. The van der Waals surface area contributed by atoms with E-state index in [4.69, 9.17) is 0 Å². The highest BCUT2D eigenvalue weighted by Gasteiger charge is 2.30. The number of sulfonamides is 1. The normalized spacial score (nSPS) is 18.3. The summed E-state index contributed by atoms with van der Waals surface area (Å²) in [6.07, 6.45) is 3.35. The molecule has 1 aliphatic rings. The van der Waals surface area contributed by atoms with Crippen molar-refractivity contribution in [1.29, 1.82) is 0 Å². The van der Waals surface area contributed by atoms with Gasteiger partial charge in [0.15, 0.2) is 5.03 Å². The van der Waals surface area contributed by atoms with Crippen LogP contribution in [0.25, 0.3) is 0 Å². The number of piperidine rings is 1. The highest BCUT2D eigenvalue weighted by atomic mass is 32.2. The van der Waals surface area contributed by atoms with Crippen LogP contribution in [0.4, 0.5) is 0 Å². The maximum absolute atomic E-state index is 12.6. The van der Waals surface area contributed by atoms with Crippen molar-refractivity contribution in [3.05, 3.63) is 23.9 Å². The predicted molar refractivity (Wildman–Crippen MR) is 82.5 cm³/mol. The number of rotatable bonds is 5. The van der Waals surface area contributed by atoms with E-state index in [9.17, 15) is 8.42 Å². The van der Waals surface area contributed by atoms with Crippen molar-refractivity contribution >= 4 is 10.0 Å². The average molecular weight is 312 g/mol. The summed E-state index contributed by atoms with van der Waals surface area (Å²) < 4.78 is 26.7. The Morgan fingerprint density at radius 2 is 2.00 bits per heavy atom. The third-order valence-electron chi connectivity index (χ3n) is 3.94. The van der Waals surface area contributed by atoms with Gasteiger partial charge in [-0.25, -0.2) is 13.4 Å². The molecule has 0 unspecified atom stereocenters. The molecule has 2 heterocycles. The summed E-state index contributed by atoms with van der Waals surface area (Å²) in [5, 5.41) is 3.16. The van der Waals surface area contributed by atoms with Crippen molar-refractivity contribution < 1.29 is 8.42 Å². The van der Waals surface area contributed by atoms with Gasteiger partial charge in [0.1, 0.15) is 0 Å². The molecule has 0 spiro atoms. The number of nitrogens with one attached hydrogen (secondary N) is 1. The maximum Gasteiger partial charge on any atom is 0.260 e. The predicted octanol–water partition coefficient (Wildman–Crippen LogP) is 0.516. The van der Waals surface area contributed by atoms with Crippen molar-refractivity contribution in [1.82, 2.24) is 19.5 Å². The van der Waals surface area contributed by atoms with Crippen LogP contribution in [-0.2, 0) is 16.6 Å². The number of pyridine rings is 1. The van der Waals surface area contributed by atoms with Crippen LogP contribution < -0.4 is 5.32 Å². The van der Waals surface area contributed by atoms with Crippen molar-refractivity contribution in [2.45, 2.75) is 30.5 Å². The van der Waals surface area contributed by atoms with Crippen LogP contribution in [0.1, 0.15) is 18.4 Å². The molecule has 0 saturated carbocycles. The van der Waals surface area contributed by atoms with Crippen molar-refractivity contribution in [2.24, 2.45) is 0 Å². The molecular weight excluding hydrogens is 288 g/mol. The summed E-state index contributed by atoms with van der Waals surface area (Å²) in [6.45, 7) is 1.80. The first-order valence-corrected chi connectivity index (χ1v) is 8.65. The second-order valence-corrected chi connectivity index (χ2v) is 7.52. The Labute approximate surface area is 127 Å². The zero-order valence-corrected chi connectivity index (χ0v) is 13.7. The summed E-state index contributed by atoms with van der Waals surface area (Å²) in [6, 6.07) is 3.87. The van der Waals surface area contributed by atoms with Crippen LogP contribution in [0.15, 0.2) is 23.4 Å². The molecular formula is C14H24N4O2S. The fourth-order valence-corrected chi connectivity index (χ4v) is 3.99. The molecule has 0 amide bonds. The minimum atomic E-state index is -3.46. The minimum absolute atomic E-state index is 0.144. The maximum atomic E-state index is 12.6. The molecule has 1 aromatic heterocycles. The lowest BCUT2D eigenvalue weighted by atomic mass is 10.1. The summed E-state index contributed by atoms with van der Waals surface area (Å²) in [4.78, 5) is 6.28. The van der Waals surface area contributed by atoms with Gasteiger partial charge in [-0.15, -0.1) is 0 Å². The molecule has 2 rings (SSSR count). The number of hydrogen-bond donors (Lipinski definition) is 1. The van der Waals surface area contributed by atoms with Gasteiger partial charge < -0.3 is 10.2 Å². The number of aromatic nitrogens is 1. The Hall–Kier alpha value is -1.02. The van der Waals surface area contributed by atoms with Gasteiger partial charge in [0, 0.05) is 31.9 Å². The molecule has 1 aromatic rings. The van der Waals surface area contributed by atoms with E-state index in [-0.39, 0.29) is 5.03 Å². The van der Waals surface area contributed by atoms with E-state index in [1.54, 1.807) is 16.6 Å². The van der Waals surface area contributed by atoms with Gasteiger partial charge in [-0.1, -0.05) is 6.07 Å². The first-order chi connectivity index (χ1) is 9.95. The van der Waals surface area contributed by atoms with Gasteiger partial charge in [-0.05, 0) is 45.6 Å². The van der Waals surface area contributed by atoms with Crippen LogP contribution in [0.2, 0.25) is 0 Å². The quantitative estimate of drug-likeness (QED) is 0.858. The molecule has 21 heavy (non-hydrogen) atoms. The van der Waals surface area contributed by atoms with Crippen LogP contribution >= 0.6 is 0 Å². The number of nitrogens with zero attached hydrogens (tertiary/aromatic N) is 3. The summed E-state index contributed by atoms with van der Waals surface area (Å²) in [5.74, 6) is 0. The Balaban J connectivity index is 2.08. The Morgan fingerprint density at radius 3 is 2.48 bits per heavy atom. The molecule has 0 bridgehead atoms. The zero-order valence-electron chi connectivity index (χ0n) is 12.9. The summed E-state index contributed by atoms with van der Waals surface area (Å²) in [5.41, 5.74) is 0.975. The SMILES string of the molecule is CNCc1ccc(S(=O)(=O)N2CCC(N(C)C)CC2)nc1. The zero-order chi connectivity index (χ0) is 15.5. The lowest BCUT2D eigenvalue weighted by molar-refractivity contribution is 0.196. The number of hydrogen-bond acceptors (Lipinski definition) is 5. The van der Waals surface area contributed by atoms with Gasteiger partial charge >= 0.3 is 0 Å². The second kappa shape index (κ2) is 6.83. The fourth-order valence-electron chi connectivity index (χ4n) is 2.60. The Bertz CT molecular complexity index is 549. The smallest absolute Gasteiger partial charge is 0.260 e. The lowest BCUT2D eigenvalue weighted by Crippen LogP contribution is -2.44. The molecule has 1 fully saturated rings. The third kappa shape index (κ3) is 3.79. The molecule has 1 aliphatic heterocycles.